The maximum Gasteiger partial charge on any atom is 0.235 e. The summed E-state index contributed by atoms with van der Waals surface area (Å²) in [5.41, 5.74) is 1.05. The van der Waals surface area contributed by atoms with Crippen LogP contribution in [-0.2, 0) is 4.79 Å². The minimum absolute atomic E-state index is 0.116. The number of nitrogens with zero attached hydrogens (tertiary/aromatic N) is 3. The van der Waals surface area contributed by atoms with Gasteiger partial charge >= 0.3 is 0 Å². The largest absolute Gasteiger partial charge is 0.342 e. The molecule has 0 radical (unpaired) electrons. The number of likely N-dealkylation sites (tertiary alicyclic amines) is 1. The lowest BCUT2D eigenvalue weighted by Crippen LogP contribution is -2.34. The molecule has 6 heteroatoms. The molecule has 1 aliphatic heterocycles. The summed E-state index contributed by atoms with van der Waals surface area (Å²) in [5.74, 6) is 0.216. The quantitative estimate of drug-likeness (QED) is 0.759. The standard InChI is InChI=1S/C16H18BrN3OS/c1-12(15(21)19-9-2-3-10-19)22-16-18-8-11-20(16)14-6-4-13(17)5-7-14/h4-8,11-12H,2-3,9-10H2,1H3. The molecule has 1 aromatic heterocycles. The van der Waals surface area contributed by atoms with Gasteiger partial charge in [0, 0.05) is 35.6 Å². The zero-order valence-electron chi connectivity index (χ0n) is 12.4. The van der Waals surface area contributed by atoms with Crippen molar-refractivity contribution >= 4 is 33.6 Å². The van der Waals surface area contributed by atoms with Crippen LogP contribution in [0.1, 0.15) is 19.8 Å². The number of rotatable bonds is 4. The fraction of sp³-hybridized carbons (Fsp3) is 0.375. The molecule has 2 heterocycles. The second-order valence-electron chi connectivity index (χ2n) is 5.35. The number of halogens is 1. The number of thioether (sulfide) groups is 1. The van der Waals surface area contributed by atoms with Crippen LogP contribution in [0.5, 0.6) is 0 Å². The highest BCUT2D eigenvalue weighted by Gasteiger charge is 2.25. The summed E-state index contributed by atoms with van der Waals surface area (Å²) in [6, 6.07) is 8.07. The van der Waals surface area contributed by atoms with Gasteiger partial charge in [-0.25, -0.2) is 4.98 Å². The highest BCUT2D eigenvalue weighted by atomic mass is 79.9. The Morgan fingerprint density at radius 1 is 1.27 bits per heavy atom. The Hall–Kier alpha value is -1.27. The van der Waals surface area contributed by atoms with E-state index in [0.29, 0.717) is 0 Å². The van der Waals surface area contributed by atoms with Crippen LogP contribution >= 0.6 is 27.7 Å². The Kier molecular flexibility index (Phi) is 4.88. The highest BCUT2D eigenvalue weighted by molar-refractivity contribution is 9.10. The van der Waals surface area contributed by atoms with Crippen molar-refractivity contribution in [3.8, 4) is 5.69 Å². The molecule has 3 rings (SSSR count). The Morgan fingerprint density at radius 2 is 1.95 bits per heavy atom. The summed E-state index contributed by atoms with van der Waals surface area (Å²) in [7, 11) is 0. The number of hydrogen-bond donors (Lipinski definition) is 0. The summed E-state index contributed by atoms with van der Waals surface area (Å²) in [6.07, 6.45) is 5.95. The van der Waals surface area contributed by atoms with Crippen molar-refractivity contribution in [2.24, 2.45) is 0 Å². The van der Waals surface area contributed by atoms with Gasteiger partial charge < -0.3 is 4.90 Å². The first kappa shape index (κ1) is 15.6. The maximum atomic E-state index is 12.4. The van der Waals surface area contributed by atoms with Crippen molar-refractivity contribution < 1.29 is 4.79 Å². The molecule has 0 bridgehead atoms. The van der Waals surface area contributed by atoms with Crippen LogP contribution < -0.4 is 0 Å². The molecule has 1 amide bonds. The third-order valence-electron chi connectivity index (χ3n) is 3.76. The van der Waals surface area contributed by atoms with Crippen LogP contribution in [-0.4, -0.2) is 38.7 Å². The number of carbonyl (C=O) groups is 1. The van der Waals surface area contributed by atoms with Gasteiger partial charge in [0.05, 0.1) is 5.25 Å². The number of carbonyl (C=O) groups excluding carboxylic acids is 1. The fourth-order valence-electron chi connectivity index (χ4n) is 2.58. The lowest BCUT2D eigenvalue weighted by Gasteiger charge is -2.20. The first-order valence-corrected chi connectivity index (χ1v) is 9.07. The molecule has 0 saturated carbocycles. The Balaban J connectivity index is 1.74. The van der Waals surface area contributed by atoms with Crippen LogP contribution in [0.15, 0.2) is 46.3 Å². The fourth-order valence-corrected chi connectivity index (χ4v) is 3.81. The number of hydrogen-bond acceptors (Lipinski definition) is 3. The maximum absolute atomic E-state index is 12.4. The first-order chi connectivity index (χ1) is 10.6. The molecule has 1 saturated heterocycles. The molecule has 1 fully saturated rings. The van der Waals surface area contributed by atoms with E-state index in [4.69, 9.17) is 0 Å². The van der Waals surface area contributed by atoms with Gasteiger partial charge in [-0.2, -0.15) is 0 Å². The molecular weight excluding hydrogens is 362 g/mol. The molecule has 1 atom stereocenters. The molecule has 0 spiro atoms. The van der Waals surface area contributed by atoms with Gasteiger partial charge in [0.15, 0.2) is 5.16 Å². The third-order valence-corrected chi connectivity index (χ3v) is 5.36. The Bertz CT molecular complexity index is 650. The molecule has 2 aromatic rings. The Morgan fingerprint density at radius 3 is 2.64 bits per heavy atom. The van der Waals surface area contributed by atoms with Crippen LogP contribution in [0.2, 0.25) is 0 Å². The van der Waals surface area contributed by atoms with E-state index in [1.165, 1.54) is 11.8 Å². The van der Waals surface area contributed by atoms with Crippen LogP contribution in [0.25, 0.3) is 5.69 Å². The smallest absolute Gasteiger partial charge is 0.235 e. The number of aromatic nitrogens is 2. The second kappa shape index (κ2) is 6.87. The van der Waals surface area contributed by atoms with Gasteiger partial charge in [0.25, 0.3) is 0 Å². The van der Waals surface area contributed by atoms with E-state index < -0.39 is 0 Å². The van der Waals surface area contributed by atoms with Gasteiger partial charge in [0.1, 0.15) is 0 Å². The molecule has 116 valence electrons. The van der Waals surface area contributed by atoms with E-state index in [2.05, 4.69) is 20.9 Å². The van der Waals surface area contributed by atoms with E-state index in [1.54, 1.807) is 6.20 Å². The second-order valence-corrected chi connectivity index (χ2v) is 7.57. The first-order valence-electron chi connectivity index (χ1n) is 7.40. The van der Waals surface area contributed by atoms with Gasteiger partial charge in [0.2, 0.25) is 5.91 Å². The summed E-state index contributed by atoms with van der Waals surface area (Å²) in [6.45, 7) is 3.75. The van der Waals surface area contributed by atoms with E-state index in [0.717, 1.165) is 41.2 Å². The summed E-state index contributed by atoms with van der Waals surface area (Å²) < 4.78 is 3.06. The van der Waals surface area contributed by atoms with Crippen LogP contribution in [0.4, 0.5) is 0 Å². The average molecular weight is 380 g/mol. The van der Waals surface area contributed by atoms with Gasteiger partial charge in [-0.05, 0) is 44.0 Å². The molecule has 1 unspecified atom stereocenters. The molecule has 4 nitrogen and oxygen atoms in total. The number of imidazole rings is 1. The van der Waals surface area contributed by atoms with E-state index >= 15 is 0 Å². The molecule has 0 N–H and O–H groups in total. The molecular formula is C16H18BrN3OS. The van der Waals surface area contributed by atoms with Crippen molar-refractivity contribution in [2.45, 2.75) is 30.2 Å². The minimum Gasteiger partial charge on any atom is -0.342 e. The molecule has 22 heavy (non-hydrogen) atoms. The third kappa shape index (κ3) is 3.38. The zero-order valence-corrected chi connectivity index (χ0v) is 14.8. The monoisotopic (exact) mass is 379 g/mol. The lowest BCUT2D eigenvalue weighted by atomic mass is 10.3. The van der Waals surface area contributed by atoms with Crippen molar-refractivity contribution in [2.75, 3.05) is 13.1 Å². The van der Waals surface area contributed by atoms with Crippen molar-refractivity contribution in [1.82, 2.24) is 14.5 Å². The summed E-state index contributed by atoms with van der Waals surface area (Å²) in [4.78, 5) is 18.8. The Labute approximate surface area is 143 Å². The lowest BCUT2D eigenvalue weighted by molar-refractivity contribution is -0.129. The predicted molar refractivity (Wildman–Crippen MR) is 92.4 cm³/mol. The molecule has 1 aromatic carbocycles. The van der Waals surface area contributed by atoms with E-state index in [9.17, 15) is 4.79 Å². The zero-order chi connectivity index (χ0) is 15.5. The summed E-state index contributed by atoms with van der Waals surface area (Å²) >= 11 is 4.96. The summed E-state index contributed by atoms with van der Waals surface area (Å²) in [5, 5.41) is 0.733. The SMILES string of the molecule is CC(Sc1nccn1-c1ccc(Br)cc1)C(=O)N1CCCC1. The minimum atomic E-state index is -0.116. The van der Waals surface area contributed by atoms with Crippen molar-refractivity contribution in [1.29, 1.82) is 0 Å². The van der Waals surface area contributed by atoms with Crippen LogP contribution in [0.3, 0.4) is 0 Å². The van der Waals surface area contributed by atoms with Crippen molar-refractivity contribution in [3.63, 3.8) is 0 Å². The predicted octanol–water partition coefficient (Wildman–Crippen LogP) is 3.74. The molecule has 1 aliphatic rings. The number of benzene rings is 1. The topological polar surface area (TPSA) is 38.1 Å². The van der Waals surface area contributed by atoms with Gasteiger partial charge in [-0.3, -0.25) is 9.36 Å². The molecule has 0 aliphatic carbocycles. The van der Waals surface area contributed by atoms with Gasteiger partial charge in [-0.15, -0.1) is 0 Å². The highest BCUT2D eigenvalue weighted by Crippen LogP contribution is 2.27. The normalized spacial score (nSPS) is 16.0. The van der Waals surface area contributed by atoms with Crippen molar-refractivity contribution in [3.05, 3.63) is 41.1 Å². The van der Waals surface area contributed by atoms with E-state index in [-0.39, 0.29) is 11.2 Å². The average Bonchev–Trinajstić information content (AvgIpc) is 3.18. The number of amides is 1. The van der Waals surface area contributed by atoms with Crippen LogP contribution in [0, 0.1) is 0 Å². The van der Waals surface area contributed by atoms with E-state index in [1.807, 2.05) is 46.9 Å². The van der Waals surface area contributed by atoms with Gasteiger partial charge in [-0.1, -0.05) is 27.7 Å².